The summed E-state index contributed by atoms with van der Waals surface area (Å²) < 4.78 is 30.0. The van der Waals surface area contributed by atoms with Crippen LogP contribution in [-0.4, -0.2) is 25.8 Å². The van der Waals surface area contributed by atoms with E-state index in [-0.39, 0.29) is 24.4 Å². The maximum absolute atomic E-state index is 14.3. The molecule has 0 aliphatic rings. The third kappa shape index (κ3) is 5.34. The van der Waals surface area contributed by atoms with Crippen LogP contribution in [0.4, 0.5) is 8.78 Å². The summed E-state index contributed by atoms with van der Waals surface area (Å²) in [6.07, 6.45) is 0.585. The van der Waals surface area contributed by atoms with Crippen molar-refractivity contribution in [1.82, 2.24) is 14.8 Å². The maximum atomic E-state index is 14.3. The maximum Gasteiger partial charge on any atom is 0.335 e. The van der Waals surface area contributed by atoms with Crippen LogP contribution in [0.1, 0.15) is 60.7 Å². The zero-order valence-electron chi connectivity index (χ0n) is 17.4. The standard InChI is InChI=1S/C24H23F2N3O2/c1-3-5-9-21-27-23(24(25,26)14-4-2)28-29(21)16-17-10-12-18(13-11-17)19-7-6-8-20(15-19)22(30)31/h6-8,10-13,15H,3-4,14,16H2,1-2H3,(H,30,31). The van der Waals surface area contributed by atoms with Crippen molar-refractivity contribution in [1.29, 1.82) is 0 Å². The van der Waals surface area contributed by atoms with E-state index < -0.39 is 17.7 Å². The molecule has 0 unspecified atom stereocenters. The van der Waals surface area contributed by atoms with Gasteiger partial charge in [-0.1, -0.05) is 56.2 Å². The van der Waals surface area contributed by atoms with Gasteiger partial charge in [-0.3, -0.25) is 0 Å². The summed E-state index contributed by atoms with van der Waals surface area (Å²) in [5.74, 6) is 1.32. The summed E-state index contributed by atoms with van der Waals surface area (Å²) >= 11 is 0. The number of nitrogens with zero attached hydrogens (tertiary/aromatic N) is 3. The van der Waals surface area contributed by atoms with Crippen molar-refractivity contribution < 1.29 is 18.7 Å². The number of carboxylic acids is 1. The van der Waals surface area contributed by atoms with Gasteiger partial charge in [-0.15, -0.1) is 5.10 Å². The number of benzene rings is 2. The van der Waals surface area contributed by atoms with Crippen LogP contribution >= 0.6 is 0 Å². The van der Waals surface area contributed by atoms with Crippen LogP contribution in [0.5, 0.6) is 0 Å². The molecule has 0 radical (unpaired) electrons. The number of hydrogen-bond acceptors (Lipinski definition) is 3. The largest absolute Gasteiger partial charge is 0.478 e. The van der Waals surface area contributed by atoms with Crippen molar-refractivity contribution in [3.8, 4) is 23.0 Å². The fraction of sp³-hybridized carbons (Fsp3) is 0.292. The molecule has 31 heavy (non-hydrogen) atoms. The second-order valence-corrected chi connectivity index (χ2v) is 7.11. The second kappa shape index (κ2) is 9.52. The SMILES string of the molecule is CCC#Cc1nc(C(F)(F)CCC)nn1Cc1ccc(-c2cccc(C(=O)O)c2)cc1. The average Bonchev–Trinajstić information content (AvgIpc) is 3.16. The van der Waals surface area contributed by atoms with E-state index in [1.807, 2.05) is 37.3 Å². The smallest absolute Gasteiger partial charge is 0.335 e. The lowest BCUT2D eigenvalue weighted by Crippen LogP contribution is -2.15. The number of rotatable bonds is 7. The predicted octanol–water partition coefficient (Wildman–Crippen LogP) is 5.35. The van der Waals surface area contributed by atoms with E-state index in [0.29, 0.717) is 12.8 Å². The van der Waals surface area contributed by atoms with Gasteiger partial charge < -0.3 is 5.11 Å². The molecule has 7 heteroatoms. The van der Waals surface area contributed by atoms with Gasteiger partial charge in [0.05, 0.1) is 12.1 Å². The molecule has 160 valence electrons. The predicted molar refractivity (Wildman–Crippen MR) is 114 cm³/mol. The van der Waals surface area contributed by atoms with Gasteiger partial charge in [-0.05, 0) is 41.2 Å². The monoisotopic (exact) mass is 423 g/mol. The molecule has 3 rings (SSSR count). The Balaban J connectivity index is 1.87. The van der Waals surface area contributed by atoms with E-state index in [2.05, 4.69) is 21.9 Å². The summed E-state index contributed by atoms with van der Waals surface area (Å²) in [7, 11) is 0. The summed E-state index contributed by atoms with van der Waals surface area (Å²) in [5, 5.41) is 13.2. The van der Waals surface area contributed by atoms with E-state index >= 15 is 0 Å². The fourth-order valence-electron chi connectivity index (χ4n) is 3.10. The Hall–Kier alpha value is -3.53. The lowest BCUT2D eigenvalue weighted by atomic mass is 10.0. The van der Waals surface area contributed by atoms with Gasteiger partial charge in [0.1, 0.15) is 0 Å². The van der Waals surface area contributed by atoms with Crippen LogP contribution < -0.4 is 0 Å². The first kappa shape index (κ1) is 22.2. The van der Waals surface area contributed by atoms with E-state index in [9.17, 15) is 13.6 Å². The van der Waals surface area contributed by atoms with Gasteiger partial charge >= 0.3 is 11.9 Å². The van der Waals surface area contributed by atoms with E-state index in [1.165, 1.54) is 10.7 Å². The summed E-state index contributed by atoms with van der Waals surface area (Å²) in [4.78, 5) is 15.2. The minimum atomic E-state index is -3.10. The number of carbonyl (C=O) groups is 1. The Bertz CT molecular complexity index is 1130. The molecule has 3 aromatic rings. The van der Waals surface area contributed by atoms with Gasteiger partial charge in [0.15, 0.2) is 0 Å². The Morgan fingerprint density at radius 1 is 1.13 bits per heavy atom. The highest BCUT2D eigenvalue weighted by atomic mass is 19.3. The van der Waals surface area contributed by atoms with E-state index in [0.717, 1.165) is 16.7 Å². The first-order valence-corrected chi connectivity index (χ1v) is 10.1. The van der Waals surface area contributed by atoms with E-state index in [1.54, 1.807) is 19.1 Å². The number of aromatic carboxylic acids is 1. The minimum absolute atomic E-state index is 0.212. The van der Waals surface area contributed by atoms with Gasteiger partial charge in [-0.25, -0.2) is 9.48 Å². The van der Waals surface area contributed by atoms with Crippen molar-refractivity contribution in [2.24, 2.45) is 0 Å². The third-order valence-corrected chi connectivity index (χ3v) is 4.67. The summed E-state index contributed by atoms with van der Waals surface area (Å²) in [5.41, 5.74) is 2.69. The molecule has 1 N–H and O–H groups in total. The molecule has 2 aromatic carbocycles. The number of alkyl halides is 2. The van der Waals surface area contributed by atoms with Gasteiger partial charge in [0.25, 0.3) is 0 Å². The van der Waals surface area contributed by atoms with Crippen molar-refractivity contribution in [3.63, 3.8) is 0 Å². The molecule has 0 spiro atoms. The van der Waals surface area contributed by atoms with Crippen LogP contribution in [0.15, 0.2) is 48.5 Å². The molecule has 0 aliphatic heterocycles. The van der Waals surface area contributed by atoms with Gasteiger partial charge in [0.2, 0.25) is 11.6 Å². The summed E-state index contributed by atoms with van der Waals surface area (Å²) in [6.45, 7) is 3.81. The Kier molecular flexibility index (Phi) is 6.81. The number of carboxylic acid groups (broad SMARTS) is 1. The van der Waals surface area contributed by atoms with Crippen LogP contribution in [0, 0.1) is 11.8 Å². The van der Waals surface area contributed by atoms with Gasteiger partial charge in [0, 0.05) is 12.8 Å². The quantitative estimate of drug-likeness (QED) is 0.521. The Morgan fingerprint density at radius 2 is 1.87 bits per heavy atom. The number of hydrogen-bond donors (Lipinski definition) is 1. The normalized spacial score (nSPS) is 11.1. The zero-order chi connectivity index (χ0) is 22.4. The van der Waals surface area contributed by atoms with Crippen molar-refractivity contribution >= 4 is 5.97 Å². The number of aromatic nitrogens is 3. The van der Waals surface area contributed by atoms with Crippen molar-refractivity contribution in [3.05, 3.63) is 71.3 Å². The van der Waals surface area contributed by atoms with Crippen LogP contribution in [-0.2, 0) is 12.5 Å². The highest BCUT2D eigenvalue weighted by Crippen LogP contribution is 2.30. The highest BCUT2D eigenvalue weighted by molar-refractivity contribution is 5.89. The van der Waals surface area contributed by atoms with E-state index in [4.69, 9.17) is 5.11 Å². The molecule has 5 nitrogen and oxygen atoms in total. The van der Waals surface area contributed by atoms with Crippen LogP contribution in [0.25, 0.3) is 11.1 Å². The first-order valence-electron chi connectivity index (χ1n) is 10.1. The Morgan fingerprint density at radius 3 is 2.52 bits per heavy atom. The lowest BCUT2D eigenvalue weighted by Gasteiger charge is -2.10. The van der Waals surface area contributed by atoms with Crippen molar-refractivity contribution in [2.75, 3.05) is 0 Å². The second-order valence-electron chi connectivity index (χ2n) is 7.11. The molecule has 1 aromatic heterocycles. The molecule has 0 amide bonds. The topological polar surface area (TPSA) is 68.0 Å². The molecular formula is C24H23F2N3O2. The Labute approximate surface area is 179 Å². The molecule has 1 heterocycles. The number of halogens is 2. The third-order valence-electron chi connectivity index (χ3n) is 4.67. The minimum Gasteiger partial charge on any atom is -0.478 e. The molecule has 0 saturated heterocycles. The first-order chi connectivity index (χ1) is 14.8. The van der Waals surface area contributed by atoms with Gasteiger partial charge in [-0.2, -0.15) is 13.8 Å². The highest BCUT2D eigenvalue weighted by Gasteiger charge is 2.36. The summed E-state index contributed by atoms with van der Waals surface area (Å²) in [6, 6.07) is 14.1. The van der Waals surface area contributed by atoms with Crippen LogP contribution in [0.3, 0.4) is 0 Å². The molecule has 0 saturated carbocycles. The van der Waals surface area contributed by atoms with Crippen molar-refractivity contribution in [2.45, 2.75) is 45.6 Å². The lowest BCUT2D eigenvalue weighted by molar-refractivity contribution is -0.0232. The van der Waals surface area contributed by atoms with Crippen LogP contribution in [0.2, 0.25) is 0 Å². The average molecular weight is 423 g/mol. The molecule has 0 aliphatic carbocycles. The molecule has 0 fully saturated rings. The zero-order valence-corrected chi connectivity index (χ0v) is 17.4. The molecule has 0 atom stereocenters. The molecule has 0 bridgehead atoms. The fourth-order valence-corrected chi connectivity index (χ4v) is 3.10. The molecular weight excluding hydrogens is 400 g/mol.